The summed E-state index contributed by atoms with van der Waals surface area (Å²) in [5.41, 5.74) is 8.12. The molecule has 0 spiro atoms. The van der Waals surface area contributed by atoms with Gasteiger partial charge in [0.15, 0.2) is 0 Å². The van der Waals surface area contributed by atoms with Crippen LogP contribution in [-0.4, -0.2) is 23.7 Å². The summed E-state index contributed by atoms with van der Waals surface area (Å²) in [5, 5.41) is 12.8. The van der Waals surface area contributed by atoms with Crippen LogP contribution in [0.15, 0.2) is 60.7 Å². The summed E-state index contributed by atoms with van der Waals surface area (Å²) in [6.07, 6.45) is -0.0956. The molecule has 0 radical (unpaired) electrons. The van der Waals surface area contributed by atoms with Crippen molar-refractivity contribution in [3.63, 3.8) is 0 Å². The van der Waals surface area contributed by atoms with Gasteiger partial charge in [0.05, 0.1) is 12.0 Å². The lowest BCUT2D eigenvalue weighted by Gasteiger charge is -2.21. The fraction of sp³-hybridized carbons (Fsp3) is 0.316. The third-order valence-electron chi connectivity index (χ3n) is 3.96. The fourth-order valence-corrected chi connectivity index (χ4v) is 2.46. The number of aliphatic hydroxyl groups excluding tert-OH is 1. The zero-order chi connectivity index (χ0) is 16.7. The van der Waals surface area contributed by atoms with Crippen LogP contribution in [0.4, 0.5) is 0 Å². The molecule has 4 nitrogen and oxygen atoms in total. The Kier molecular flexibility index (Phi) is 6.32. The van der Waals surface area contributed by atoms with Crippen LogP contribution in [0.3, 0.4) is 0 Å². The lowest BCUT2D eigenvalue weighted by molar-refractivity contribution is -0.125. The largest absolute Gasteiger partial charge is 0.391 e. The number of nitrogens with one attached hydrogen (secondary N) is 1. The maximum Gasteiger partial charge on any atom is 0.224 e. The molecule has 0 saturated heterocycles. The standard InChI is InChI=1S/C19H24N2O2/c1-14(18(20)16-10-6-3-7-11-16)19(23)21-13-17(22)12-15-8-4-2-5-9-15/h2-11,14,17-18,22H,12-13,20H2,1H3,(H,21,23). The van der Waals surface area contributed by atoms with Gasteiger partial charge in [-0.05, 0) is 11.1 Å². The highest BCUT2D eigenvalue weighted by molar-refractivity contribution is 5.79. The molecule has 4 N–H and O–H groups in total. The Balaban J connectivity index is 1.82. The van der Waals surface area contributed by atoms with Crippen molar-refractivity contribution < 1.29 is 9.90 Å². The molecule has 4 heteroatoms. The van der Waals surface area contributed by atoms with Gasteiger partial charge in [-0.1, -0.05) is 67.6 Å². The molecule has 0 aliphatic rings. The number of benzene rings is 2. The van der Waals surface area contributed by atoms with E-state index in [0.29, 0.717) is 6.42 Å². The van der Waals surface area contributed by atoms with E-state index in [-0.39, 0.29) is 24.4 Å². The number of aliphatic hydroxyl groups is 1. The van der Waals surface area contributed by atoms with Crippen LogP contribution in [0.2, 0.25) is 0 Å². The van der Waals surface area contributed by atoms with Gasteiger partial charge in [0, 0.05) is 19.0 Å². The predicted octanol–water partition coefficient (Wildman–Crippen LogP) is 2.04. The van der Waals surface area contributed by atoms with Crippen molar-refractivity contribution in [2.45, 2.75) is 25.5 Å². The molecule has 0 saturated carbocycles. The predicted molar refractivity (Wildman–Crippen MR) is 91.7 cm³/mol. The number of hydrogen-bond donors (Lipinski definition) is 3. The van der Waals surface area contributed by atoms with Gasteiger partial charge in [-0.2, -0.15) is 0 Å². The zero-order valence-electron chi connectivity index (χ0n) is 13.4. The first kappa shape index (κ1) is 17.2. The van der Waals surface area contributed by atoms with Crippen LogP contribution >= 0.6 is 0 Å². The number of amides is 1. The average Bonchev–Trinajstić information content (AvgIpc) is 2.60. The number of carbonyl (C=O) groups excluding carboxylic acids is 1. The smallest absolute Gasteiger partial charge is 0.224 e. The van der Waals surface area contributed by atoms with Gasteiger partial charge in [0.2, 0.25) is 5.91 Å². The van der Waals surface area contributed by atoms with E-state index >= 15 is 0 Å². The van der Waals surface area contributed by atoms with E-state index in [4.69, 9.17) is 5.73 Å². The second-order valence-corrected chi connectivity index (χ2v) is 5.81. The highest BCUT2D eigenvalue weighted by Crippen LogP contribution is 2.19. The minimum atomic E-state index is -0.610. The van der Waals surface area contributed by atoms with Crippen molar-refractivity contribution in [3.8, 4) is 0 Å². The molecule has 0 bridgehead atoms. The Hall–Kier alpha value is -2.17. The molecule has 2 aromatic rings. The summed E-state index contributed by atoms with van der Waals surface area (Å²) in [6.45, 7) is 2.02. The minimum Gasteiger partial charge on any atom is -0.391 e. The number of hydrogen-bond acceptors (Lipinski definition) is 3. The molecule has 2 aromatic carbocycles. The summed E-state index contributed by atoms with van der Waals surface area (Å²) < 4.78 is 0. The van der Waals surface area contributed by atoms with Crippen LogP contribution in [0.25, 0.3) is 0 Å². The monoisotopic (exact) mass is 312 g/mol. The van der Waals surface area contributed by atoms with Gasteiger partial charge in [-0.3, -0.25) is 4.79 Å². The molecule has 0 aliphatic heterocycles. The van der Waals surface area contributed by atoms with Crippen LogP contribution in [0.5, 0.6) is 0 Å². The molecule has 3 atom stereocenters. The highest BCUT2D eigenvalue weighted by atomic mass is 16.3. The molecule has 2 rings (SSSR count). The first-order valence-electron chi connectivity index (χ1n) is 7.88. The van der Waals surface area contributed by atoms with Gasteiger partial charge in [0.1, 0.15) is 0 Å². The molecular formula is C19H24N2O2. The van der Waals surface area contributed by atoms with Crippen molar-refractivity contribution in [3.05, 3.63) is 71.8 Å². The normalized spacial score (nSPS) is 14.7. The van der Waals surface area contributed by atoms with E-state index in [1.165, 1.54) is 0 Å². The fourth-order valence-electron chi connectivity index (χ4n) is 2.46. The first-order valence-corrected chi connectivity index (χ1v) is 7.88. The summed E-state index contributed by atoms with van der Waals surface area (Å²) in [5.74, 6) is -0.505. The third kappa shape index (κ3) is 5.20. The molecule has 0 aromatic heterocycles. The van der Waals surface area contributed by atoms with Gasteiger partial charge in [-0.25, -0.2) is 0 Å². The Morgan fingerprint density at radius 2 is 1.65 bits per heavy atom. The third-order valence-corrected chi connectivity index (χ3v) is 3.96. The topological polar surface area (TPSA) is 75.3 Å². The van der Waals surface area contributed by atoms with Crippen molar-refractivity contribution in [2.24, 2.45) is 11.7 Å². The Bertz CT molecular complexity index is 601. The van der Waals surface area contributed by atoms with Gasteiger partial charge in [-0.15, -0.1) is 0 Å². The van der Waals surface area contributed by atoms with Crippen molar-refractivity contribution in [1.82, 2.24) is 5.32 Å². The van der Waals surface area contributed by atoms with Crippen LogP contribution in [-0.2, 0) is 11.2 Å². The summed E-state index contributed by atoms with van der Waals surface area (Å²) in [7, 11) is 0. The number of nitrogens with two attached hydrogens (primary N) is 1. The number of rotatable bonds is 7. The van der Waals surface area contributed by atoms with E-state index in [2.05, 4.69) is 5.32 Å². The van der Waals surface area contributed by atoms with E-state index < -0.39 is 6.10 Å². The Labute approximate surface area is 137 Å². The Morgan fingerprint density at radius 3 is 2.26 bits per heavy atom. The molecule has 1 amide bonds. The zero-order valence-corrected chi connectivity index (χ0v) is 13.4. The summed E-state index contributed by atoms with van der Waals surface area (Å²) >= 11 is 0. The van der Waals surface area contributed by atoms with Crippen LogP contribution in [0.1, 0.15) is 24.1 Å². The average molecular weight is 312 g/mol. The summed E-state index contributed by atoms with van der Waals surface area (Å²) in [6, 6.07) is 18.9. The lowest BCUT2D eigenvalue weighted by Crippen LogP contribution is -2.39. The molecular weight excluding hydrogens is 288 g/mol. The van der Waals surface area contributed by atoms with Crippen molar-refractivity contribution in [1.29, 1.82) is 0 Å². The maximum absolute atomic E-state index is 12.2. The second-order valence-electron chi connectivity index (χ2n) is 5.81. The molecule has 0 fully saturated rings. The summed E-state index contributed by atoms with van der Waals surface area (Å²) in [4.78, 5) is 12.2. The molecule has 0 heterocycles. The Morgan fingerprint density at radius 1 is 1.09 bits per heavy atom. The molecule has 0 aliphatic carbocycles. The van der Waals surface area contributed by atoms with E-state index in [1.807, 2.05) is 60.7 Å². The van der Waals surface area contributed by atoms with Crippen molar-refractivity contribution in [2.75, 3.05) is 6.54 Å². The number of carbonyl (C=O) groups is 1. The van der Waals surface area contributed by atoms with E-state index in [0.717, 1.165) is 11.1 Å². The van der Waals surface area contributed by atoms with Gasteiger partial charge < -0.3 is 16.2 Å². The molecule has 23 heavy (non-hydrogen) atoms. The quantitative estimate of drug-likeness (QED) is 0.732. The first-order chi connectivity index (χ1) is 11.1. The van der Waals surface area contributed by atoms with E-state index in [1.54, 1.807) is 6.92 Å². The van der Waals surface area contributed by atoms with Crippen LogP contribution in [0, 0.1) is 5.92 Å². The van der Waals surface area contributed by atoms with Gasteiger partial charge >= 0.3 is 0 Å². The van der Waals surface area contributed by atoms with Crippen LogP contribution < -0.4 is 11.1 Å². The lowest BCUT2D eigenvalue weighted by atomic mass is 9.94. The SMILES string of the molecule is CC(C(=O)NCC(O)Cc1ccccc1)C(N)c1ccccc1. The second kappa shape index (κ2) is 8.46. The maximum atomic E-state index is 12.2. The molecule has 122 valence electrons. The van der Waals surface area contributed by atoms with E-state index in [9.17, 15) is 9.90 Å². The minimum absolute atomic E-state index is 0.145. The van der Waals surface area contributed by atoms with Crippen molar-refractivity contribution >= 4 is 5.91 Å². The van der Waals surface area contributed by atoms with Gasteiger partial charge in [0.25, 0.3) is 0 Å². The molecule has 3 unspecified atom stereocenters. The highest BCUT2D eigenvalue weighted by Gasteiger charge is 2.22.